The van der Waals surface area contributed by atoms with E-state index >= 15 is 0 Å². The number of aryl methyl sites for hydroxylation is 2. The lowest BCUT2D eigenvalue weighted by Crippen LogP contribution is -2.57. The molecule has 0 aromatic carbocycles. The maximum atomic E-state index is 13.0. The molecule has 0 N–H and O–H groups in total. The summed E-state index contributed by atoms with van der Waals surface area (Å²) in [5, 5.41) is 4.19. The summed E-state index contributed by atoms with van der Waals surface area (Å²) in [5.41, 5.74) is 1.04. The second kappa shape index (κ2) is 7.41. The third kappa shape index (κ3) is 3.78. The second-order valence-corrected chi connectivity index (χ2v) is 10.9. The van der Waals surface area contributed by atoms with E-state index < -0.39 is 20.2 Å². The Morgan fingerprint density at radius 1 is 0.741 bits per heavy atom. The van der Waals surface area contributed by atoms with Crippen LogP contribution in [0.5, 0.6) is 0 Å². The first kappa shape index (κ1) is 20.7. The maximum absolute atomic E-state index is 13.0. The highest BCUT2D eigenvalue weighted by Gasteiger charge is 2.38. The van der Waals surface area contributed by atoms with E-state index in [2.05, 4.69) is 10.00 Å². The molecule has 1 aromatic rings. The Morgan fingerprint density at radius 2 is 1.19 bits per heavy atom. The van der Waals surface area contributed by atoms with Gasteiger partial charge in [-0.3, -0.25) is 4.68 Å². The molecule has 0 bridgehead atoms. The fourth-order valence-corrected chi connectivity index (χ4v) is 6.98. The van der Waals surface area contributed by atoms with Crippen LogP contribution in [0.15, 0.2) is 4.90 Å². The Bertz CT molecular complexity index is 895. The lowest BCUT2D eigenvalue weighted by Gasteiger charge is -2.38. The largest absolute Gasteiger partial charge is 0.304 e. The van der Waals surface area contributed by atoms with Crippen LogP contribution in [-0.2, 0) is 27.3 Å². The number of likely N-dealkylation sites (N-methyl/N-ethyl adjacent to an activating group) is 1. The van der Waals surface area contributed by atoms with Gasteiger partial charge in [0, 0.05) is 59.4 Å². The average Bonchev–Trinajstić information content (AvgIpc) is 2.88. The summed E-state index contributed by atoms with van der Waals surface area (Å²) in [7, 11) is -3.57. The van der Waals surface area contributed by atoms with Gasteiger partial charge in [0.05, 0.1) is 11.4 Å². The van der Waals surface area contributed by atoms with Crippen molar-refractivity contribution in [2.24, 2.45) is 7.05 Å². The quantitative estimate of drug-likeness (QED) is 0.609. The highest BCUT2D eigenvalue weighted by molar-refractivity contribution is 7.89. The van der Waals surface area contributed by atoms with Crippen LogP contribution in [0.2, 0.25) is 0 Å². The summed E-state index contributed by atoms with van der Waals surface area (Å²) in [6, 6.07) is 0. The maximum Gasteiger partial charge on any atom is 0.282 e. The van der Waals surface area contributed by atoms with Crippen molar-refractivity contribution in [3.63, 3.8) is 0 Å². The van der Waals surface area contributed by atoms with Crippen molar-refractivity contribution >= 4 is 20.2 Å². The molecule has 3 rings (SSSR count). The number of hydrogen-bond donors (Lipinski definition) is 0. The molecule has 10 nitrogen and oxygen atoms in total. The number of rotatable bonds is 4. The molecule has 0 atom stereocenters. The normalized spacial score (nSPS) is 22.4. The van der Waals surface area contributed by atoms with E-state index in [1.54, 1.807) is 25.6 Å². The highest BCUT2D eigenvalue weighted by Crippen LogP contribution is 2.25. The first-order chi connectivity index (χ1) is 12.5. The van der Waals surface area contributed by atoms with Gasteiger partial charge in [-0.05, 0) is 20.9 Å². The number of hydrogen-bond acceptors (Lipinski definition) is 6. The molecule has 0 spiro atoms. The summed E-state index contributed by atoms with van der Waals surface area (Å²) in [6.07, 6.45) is 0. The first-order valence-electron chi connectivity index (χ1n) is 8.99. The summed E-state index contributed by atoms with van der Waals surface area (Å²) < 4.78 is 57.5. The summed E-state index contributed by atoms with van der Waals surface area (Å²) in [5.74, 6) is 0. The molecule has 0 radical (unpaired) electrons. The van der Waals surface area contributed by atoms with Crippen molar-refractivity contribution in [2.45, 2.75) is 18.7 Å². The minimum atomic E-state index is -3.70. The predicted octanol–water partition coefficient (Wildman–Crippen LogP) is -1.16. The van der Waals surface area contributed by atoms with E-state index in [0.717, 1.165) is 0 Å². The highest BCUT2D eigenvalue weighted by atomic mass is 32.2. The Labute approximate surface area is 161 Å². The van der Waals surface area contributed by atoms with Gasteiger partial charge in [0.15, 0.2) is 0 Å². The monoisotopic (exact) mass is 420 g/mol. The van der Waals surface area contributed by atoms with Crippen LogP contribution in [0.1, 0.15) is 11.4 Å². The zero-order valence-corrected chi connectivity index (χ0v) is 17.9. The Kier molecular flexibility index (Phi) is 5.67. The molecule has 2 aliphatic rings. The van der Waals surface area contributed by atoms with E-state index in [0.29, 0.717) is 37.6 Å². The number of aromatic nitrogens is 2. The lowest BCUT2D eigenvalue weighted by atomic mass is 10.4. The van der Waals surface area contributed by atoms with Crippen molar-refractivity contribution in [3.8, 4) is 0 Å². The van der Waals surface area contributed by atoms with Crippen LogP contribution >= 0.6 is 0 Å². The first-order valence-corrected chi connectivity index (χ1v) is 11.8. The molecule has 0 amide bonds. The fourth-order valence-electron chi connectivity index (χ4n) is 3.58. The van der Waals surface area contributed by atoms with Gasteiger partial charge in [-0.2, -0.15) is 26.4 Å². The fraction of sp³-hybridized carbons (Fsp3) is 0.800. The molecule has 2 saturated heterocycles. The zero-order valence-electron chi connectivity index (χ0n) is 16.3. The molecule has 2 aliphatic heterocycles. The molecule has 0 saturated carbocycles. The van der Waals surface area contributed by atoms with E-state index in [1.807, 2.05) is 7.05 Å². The minimum absolute atomic E-state index is 0.142. The standard InChI is InChI=1S/C15H28N6O4S2/c1-13-15(14(2)18(4)16-13)26(22,23)19-9-11-21(12-10-19)27(24,25)20-7-5-17(3)6-8-20/h5-12H2,1-4H3. The van der Waals surface area contributed by atoms with E-state index in [1.165, 1.54) is 12.9 Å². The van der Waals surface area contributed by atoms with E-state index in [9.17, 15) is 16.8 Å². The van der Waals surface area contributed by atoms with Crippen molar-refractivity contribution in [1.29, 1.82) is 0 Å². The van der Waals surface area contributed by atoms with Crippen LogP contribution in [0, 0.1) is 13.8 Å². The molecule has 0 aliphatic carbocycles. The summed E-state index contributed by atoms with van der Waals surface area (Å²) in [4.78, 5) is 2.31. The zero-order chi connectivity index (χ0) is 20.0. The van der Waals surface area contributed by atoms with E-state index in [4.69, 9.17) is 0 Å². The molecule has 27 heavy (non-hydrogen) atoms. The third-order valence-electron chi connectivity index (χ3n) is 5.35. The smallest absolute Gasteiger partial charge is 0.282 e. The molecule has 2 fully saturated rings. The molecule has 12 heteroatoms. The SMILES string of the molecule is Cc1nn(C)c(C)c1S(=O)(=O)N1CCN(S(=O)(=O)N2CCN(C)CC2)CC1. The van der Waals surface area contributed by atoms with Crippen LogP contribution in [-0.4, -0.2) is 104 Å². The molecular weight excluding hydrogens is 392 g/mol. The second-order valence-electron chi connectivity index (χ2n) is 7.14. The third-order valence-corrected chi connectivity index (χ3v) is 9.54. The topological polar surface area (TPSA) is 99.1 Å². The molecule has 1 aromatic heterocycles. The molecular formula is C15H28N6O4S2. The van der Waals surface area contributed by atoms with Crippen LogP contribution < -0.4 is 0 Å². The minimum Gasteiger partial charge on any atom is -0.304 e. The van der Waals surface area contributed by atoms with Gasteiger partial charge in [0.2, 0.25) is 10.0 Å². The van der Waals surface area contributed by atoms with Gasteiger partial charge in [-0.1, -0.05) is 0 Å². The van der Waals surface area contributed by atoms with Gasteiger partial charge in [-0.15, -0.1) is 0 Å². The number of piperazine rings is 2. The van der Waals surface area contributed by atoms with Crippen molar-refractivity contribution < 1.29 is 16.8 Å². The number of nitrogens with zero attached hydrogens (tertiary/aromatic N) is 6. The van der Waals surface area contributed by atoms with Gasteiger partial charge < -0.3 is 4.90 Å². The van der Waals surface area contributed by atoms with E-state index in [-0.39, 0.29) is 31.1 Å². The van der Waals surface area contributed by atoms with Crippen LogP contribution in [0.4, 0.5) is 0 Å². The van der Waals surface area contributed by atoms with Gasteiger partial charge >= 0.3 is 0 Å². The average molecular weight is 421 g/mol. The molecule has 154 valence electrons. The number of sulfonamides is 1. The summed E-state index contributed by atoms with van der Waals surface area (Å²) >= 11 is 0. The van der Waals surface area contributed by atoms with Crippen LogP contribution in [0.3, 0.4) is 0 Å². The van der Waals surface area contributed by atoms with Crippen molar-refractivity contribution in [2.75, 3.05) is 59.4 Å². The van der Waals surface area contributed by atoms with Crippen molar-refractivity contribution in [1.82, 2.24) is 27.6 Å². The molecule has 0 unspecified atom stereocenters. The Morgan fingerprint density at radius 3 is 1.63 bits per heavy atom. The predicted molar refractivity (Wildman–Crippen MR) is 101 cm³/mol. The summed E-state index contributed by atoms with van der Waals surface area (Å²) in [6.45, 7) is 6.33. The molecule has 3 heterocycles. The van der Waals surface area contributed by atoms with Crippen molar-refractivity contribution in [3.05, 3.63) is 11.4 Å². The Balaban J connectivity index is 1.71. The lowest BCUT2D eigenvalue weighted by molar-refractivity contribution is 0.201. The van der Waals surface area contributed by atoms with Gasteiger partial charge in [0.1, 0.15) is 4.90 Å². The van der Waals surface area contributed by atoms with Crippen LogP contribution in [0.25, 0.3) is 0 Å². The Hall–Kier alpha value is -1.05. The van der Waals surface area contributed by atoms with Gasteiger partial charge in [0.25, 0.3) is 10.2 Å². The van der Waals surface area contributed by atoms with Gasteiger partial charge in [-0.25, -0.2) is 8.42 Å².